The van der Waals surface area contributed by atoms with Gasteiger partial charge in [-0.05, 0) is 24.3 Å². The number of aromatic nitrogens is 2. The van der Waals surface area contributed by atoms with Gasteiger partial charge in [-0.2, -0.15) is 5.10 Å². The van der Waals surface area contributed by atoms with Crippen molar-refractivity contribution in [3.05, 3.63) is 72.0 Å². The molecule has 1 unspecified atom stereocenters. The largest absolute Gasteiger partial charge is 0.456 e. The number of nitrogens with two attached hydrogens (primary N) is 1. The summed E-state index contributed by atoms with van der Waals surface area (Å²) in [5.41, 5.74) is 8.26. The highest BCUT2D eigenvalue weighted by Gasteiger charge is 2.19. The summed E-state index contributed by atoms with van der Waals surface area (Å²) in [5, 5.41) is 4.96. The predicted molar refractivity (Wildman–Crippen MR) is 77.4 cm³/mol. The van der Waals surface area contributed by atoms with Crippen molar-refractivity contribution in [2.24, 2.45) is 5.73 Å². The van der Waals surface area contributed by atoms with Gasteiger partial charge in [0.1, 0.15) is 5.76 Å². The number of nitrogens with zero attached hydrogens (tertiary/aromatic N) is 2. The van der Waals surface area contributed by atoms with Crippen LogP contribution in [0.2, 0.25) is 0 Å². The highest BCUT2D eigenvalue weighted by molar-refractivity contribution is 5.78. The molecule has 3 aromatic heterocycles. The Kier molecular flexibility index (Phi) is 2.55. The van der Waals surface area contributed by atoms with Crippen molar-refractivity contribution in [3.8, 4) is 0 Å². The van der Waals surface area contributed by atoms with E-state index in [1.807, 2.05) is 24.4 Å². The van der Waals surface area contributed by atoms with E-state index in [4.69, 9.17) is 10.2 Å². The first kappa shape index (κ1) is 12.1. The Hall–Kier alpha value is -2.66. The molecule has 5 heteroatoms. The molecule has 0 aliphatic rings. The lowest BCUT2D eigenvalue weighted by Gasteiger charge is -2.06. The van der Waals surface area contributed by atoms with E-state index in [1.54, 1.807) is 28.9 Å². The number of benzene rings is 1. The molecular formula is C16H12FN3O. The second-order valence-corrected chi connectivity index (χ2v) is 4.91. The van der Waals surface area contributed by atoms with E-state index in [0.29, 0.717) is 11.1 Å². The second kappa shape index (κ2) is 4.43. The van der Waals surface area contributed by atoms with Crippen LogP contribution in [0.5, 0.6) is 0 Å². The van der Waals surface area contributed by atoms with E-state index < -0.39 is 6.04 Å². The minimum atomic E-state index is -0.489. The molecule has 0 radical (unpaired) electrons. The molecule has 4 aromatic rings. The first-order valence-corrected chi connectivity index (χ1v) is 6.60. The van der Waals surface area contributed by atoms with Crippen molar-refractivity contribution in [3.63, 3.8) is 0 Å². The highest BCUT2D eigenvalue weighted by atomic mass is 19.1. The molecule has 0 saturated carbocycles. The number of fused-ring (bicyclic) bond motifs is 2. The topological polar surface area (TPSA) is 56.5 Å². The van der Waals surface area contributed by atoms with Gasteiger partial charge in [0.05, 0.1) is 17.8 Å². The van der Waals surface area contributed by atoms with Crippen LogP contribution in [-0.4, -0.2) is 9.61 Å². The number of rotatable bonds is 2. The number of hydrogen-bond donors (Lipinski definition) is 1. The van der Waals surface area contributed by atoms with Gasteiger partial charge in [-0.25, -0.2) is 8.91 Å². The molecule has 4 nitrogen and oxygen atoms in total. The fourth-order valence-corrected chi connectivity index (χ4v) is 2.55. The van der Waals surface area contributed by atoms with E-state index >= 15 is 0 Å². The van der Waals surface area contributed by atoms with Crippen LogP contribution >= 0.6 is 0 Å². The van der Waals surface area contributed by atoms with Crippen LogP contribution in [0.25, 0.3) is 16.5 Å². The van der Waals surface area contributed by atoms with E-state index in [2.05, 4.69) is 5.10 Å². The average molecular weight is 281 g/mol. The van der Waals surface area contributed by atoms with Crippen molar-refractivity contribution < 1.29 is 8.81 Å². The summed E-state index contributed by atoms with van der Waals surface area (Å²) in [6.45, 7) is 0. The summed E-state index contributed by atoms with van der Waals surface area (Å²) >= 11 is 0. The van der Waals surface area contributed by atoms with E-state index in [9.17, 15) is 4.39 Å². The Labute approximate surface area is 119 Å². The fourth-order valence-electron chi connectivity index (χ4n) is 2.55. The molecule has 0 aliphatic carbocycles. The van der Waals surface area contributed by atoms with Gasteiger partial charge in [0.2, 0.25) is 0 Å². The first-order chi connectivity index (χ1) is 10.2. The monoisotopic (exact) mass is 281 g/mol. The van der Waals surface area contributed by atoms with E-state index in [1.165, 1.54) is 6.07 Å². The molecule has 0 fully saturated rings. The van der Waals surface area contributed by atoms with Crippen LogP contribution in [0.1, 0.15) is 17.4 Å². The maximum Gasteiger partial charge on any atom is 0.169 e. The zero-order valence-electron chi connectivity index (χ0n) is 11.0. The van der Waals surface area contributed by atoms with E-state index in [0.717, 1.165) is 11.1 Å². The molecule has 1 atom stereocenters. The standard InChI is InChI=1S/C16H12FN3O/c17-12-5-3-4-10-8-14(21-16(10)12)15(18)11-9-19-20-7-2-1-6-13(11)20/h1-9,15H,18H2. The minimum absolute atomic E-state index is 0.236. The first-order valence-electron chi connectivity index (χ1n) is 6.60. The number of pyridine rings is 1. The van der Waals surface area contributed by atoms with Gasteiger partial charge in [-0.3, -0.25) is 0 Å². The predicted octanol–water partition coefficient (Wildman–Crippen LogP) is 3.27. The number of furan rings is 1. The molecule has 0 amide bonds. The normalized spacial score (nSPS) is 13.0. The quantitative estimate of drug-likeness (QED) is 0.613. The molecule has 4 rings (SSSR count). The second-order valence-electron chi connectivity index (χ2n) is 4.91. The van der Waals surface area contributed by atoms with Crippen LogP contribution in [0.3, 0.4) is 0 Å². The third kappa shape index (κ3) is 1.82. The lowest BCUT2D eigenvalue weighted by atomic mass is 10.1. The van der Waals surface area contributed by atoms with Crippen LogP contribution in [0.4, 0.5) is 4.39 Å². The zero-order chi connectivity index (χ0) is 14.4. The smallest absolute Gasteiger partial charge is 0.169 e. The third-order valence-corrected chi connectivity index (χ3v) is 3.61. The molecule has 104 valence electrons. The number of halogens is 1. The van der Waals surface area contributed by atoms with Gasteiger partial charge in [0, 0.05) is 17.1 Å². The Morgan fingerprint density at radius 3 is 2.95 bits per heavy atom. The molecule has 2 N–H and O–H groups in total. The lowest BCUT2D eigenvalue weighted by molar-refractivity contribution is 0.503. The fraction of sp³-hybridized carbons (Fsp3) is 0.0625. The van der Waals surface area contributed by atoms with Crippen molar-refractivity contribution in [2.75, 3.05) is 0 Å². The van der Waals surface area contributed by atoms with Crippen molar-refractivity contribution in [2.45, 2.75) is 6.04 Å². The zero-order valence-corrected chi connectivity index (χ0v) is 11.0. The van der Waals surface area contributed by atoms with Gasteiger partial charge in [-0.15, -0.1) is 0 Å². The molecule has 21 heavy (non-hydrogen) atoms. The Balaban J connectivity index is 1.86. The third-order valence-electron chi connectivity index (χ3n) is 3.61. The van der Waals surface area contributed by atoms with Crippen LogP contribution in [0.15, 0.2) is 59.3 Å². The summed E-state index contributed by atoms with van der Waals surface area (Å²) in [5.74, 6) is 0.139. The maximum absolute atomic E-state index is 13.7. The maximum atomic E-state index is 13.7. The molecule has 0 bridgehead atoms. The molecule has 1 aromatic carbocycles. The minimum Gasteiger partial charge on any atom is -0.456 e. The van der Waals surface area contributed by atoms with Gasteiger partial charge >= 0.3 is 0 Å². The summed E-state index contributed by atoms with van der Waals surface area (Å²) in [6, 6.07) is 11.9. The molecule has 0 spiro atoms. The number of para-hydroxylation sites is 1. The number of hydrogen-bond acceptors (Lipinski definition) is 3. The molecule has 3 heterocycles. The Bertz CT molecular complexity index is 941. The molecule has 0 saturated heterocycles. The molecular weight excluding hydrogens is 269 g/mol. The summed E-state index contributed by atoms with van der Waals surface area (Å²) in [4.78, 5) is 0. The van der Waals surface area contributed by atoms with Crippen LogP contribution in [0, 0.1) is 5.82 Å². The summed E-state index contributed by atoms with van der Waals surface area (Å²) in [7, 11) is 0. The van der Waals surface area contributed by atoms with Crippen molar-refractivity contribution in [1.29, 1.82) is 0 Å². The van der Waals surface area contributed by atoms with Gasteiger partial charge < -0.3 is 10.2 Å². The van der Waals surface area contributed by atoms with E-state index in [-0.39, 0.29) is 11.4 Å². The van der Waals surface area contributed by atoms with Crippen LogP contribution in [-0.2, 0) is 0 Å². The van der Waals surface area contributed by atoms with Crippen molar-refractivity contribution >= 4 is 16.5 Å². The average Bonchev–Trinajstić information content (AvgIpc) is 3.11. The highest BCUT2D eigenvalue weighted by Crippen LogP contribution is 2.29. The van der Waals surface area contributed by atoms with Crippen molar-refractivity contribution in [1.82, 2.24) is 9.61 Å². The summed E-state index contributed by atoms with van der Waals surface area (Å²) in [6.07, 6.45) is 3.56. The van der Waals surface area contributed by atoms with Crippen LogP contribution < -0.4 is 5.73 Å². The lowest BCUT2D eigenvalue weighted by Crippen LogP contribution is -2.10. The molecule has 0 aliphatic heterocycles. The van der Waals surface area contributed by atoms with Gasteiger partial charge in [0.25, 0.3) is 0 Å². The summed E-state index contributed by atoms with van der Waals surface area (Å²) < 4.78 is 21.1. The van der Waals surface area contributed by atoms with Gasteiger partial charge in [0.15, 0.2) is 11.4 Å². The van der Waals surface area contributed by atoms with Gasteiger partial charge in [-0.1, -0.05) is 18.2 Å². The Morgan fingerprint density at radius 1 is 1.19 bits per heavy atom. The Morgan fingerprint density at radius 2 is 2.10 bits per heavy atom. The SMILES string of the molecule is NC(c1cc2cccc(F)c2o1)c1cnn2ccccc12.